The minimum absolute atomic E-state index is 0. The van der Waals surface area contributed by atoms with Crippen molar-refractivity contribution in [1.29, 1.82) is 0 Å². The molecule has 6 heteroatoms. The van der Waals surface area contributed by atoms with Crippen LogP contribution in [0.5, 0.6) is 5.75 Å². The fourth-order valence-corrected chi connectivity index (χ4v) is 2.92. The van der Waals surface area contributed by atoms with Gasteiger partial charge in [-0.15, -0.1) is 24.8 Å². The predicted octanol–water partition coefficient (Wildman–Crippen LogP) is 3.67. The lowest BCUT2D eigenvalue weighted by atomic mass is 9.94. The second kappa shape index (κ2) is 10.3. The van der Waals surface area contributed by atoms with Crippen LogP contribution in [-0.2, 0) is 0 Å². The van der Waals surface area contributed by atoms with Crippen LogP contribution in [0.4, 0.5) is 4.39 Å². The Morgan fingerprint density at radius 3 is 2.41 bits per heavy atom. The van der Waals surface area contributed by atoms with Crippen molar-refractivity contribution in [1.82, 2.24) is 10.2 Å². The lowest BCUT2D eigenvalue weighted by Crippen LogP contribution is -2.45. The SMILES string of the molecule is COc1c(F)cccc1[C@@H](CC(C)C)N1CCNCC1.Cl.Cl. The molecule has 1 fully saturated rings. The summed E-state index contributed by atoms with van der Waals surface area (Å²) in [7, 11) is 1.55. The number of nitrogens with one attached hydrogen (secondary N) is 1. The van der Waals surface area contributed by atoms with Crippen molar-refractivity contribution in [3.8, 4) is 5.75 Å². The molecule has 1 N–H and O–H groups in total. The first kappa shape index (κ1) is 21.4. The topological polar surface area (TPSA) is 24.5 Å². The van der Waals surface area contributed by atoms with E-state index in [9.17, 15) is 4.39 Å². The van der Waals surface area contributed by atoms with Crippen molar-refractivity contribution < 1.29 is 9.13 Å². The Morgan fingerprint density at radius 2 is 1.86 bits per heavy atom. The predicted molar refractivity (Wildman–Crippen MR) is 94.1 cm³/mol. The van der Waals surface area contributed by atoms with E-state index in [0.29, 0.717) is 11.7 Å². The second-order valence-corrected chi connectivity index (χ2v) is 5.79. The molecule has 128 valence electrons. The monoisotopic (exact) mass is 352 g/mol. The van der Waals surface area contributed by atoms with Gasteiger partial charge in [0.25, 0.3) is 0 Å². The number of halogens is 3. The van der Waals surface area contributed by atoms with Crippen molar-refractivity contribution in [2.75, 3.05) is 33.3 Å². The van der Waals surface area contributed by atoms with E-state index in [1.54, 1.807) is 13.2 Å². The highest BCUT2D eigenvalue weighted by molar-refractivity contribution is 5.85. The zero-order valence-corrected chi connectivity index (χ0v) is 15.1. The molecule has 0 bridgehead atoms. The number of para-hydroxylation sites is 1. The maximum atomic E-state index is 14.0. The highest BCUT2D eigenvalue weighted by atomic mass is 35.5. The normalized spacial score (nSPS) is 16.6. The quantitative estimate of drug-likeness (QED) is 0.874. The highest BCUT2D eigenvalue weighted by Crippen LogP contribution is 2.35. The van der Waals surface area contributed by atoms with Gasteiger partial charge in [-0.2, -0.15) is 0 Å². The van der Waals surface area contributed by atoms with Crippen LogP contribution < -0.4 is 10.1 Å². The van der Waals surface area contributed by atoms with Crippen LogP contribution in [0, 0.1) is 11.7 Å². The molecule has 1 heterocycles. The van der Waals surface area contributed by atoms with Crippen LogP contribution >= 0.6 is 24.8 Å². The number of benzene rings is 1. The van der Waals surface area contributed by atoms with E-state index in [0.717, 1.165) is 38.2 Å². The van der Waals surface area contributed by atoms with Gasteiger partial charge in [0, 0.05) is 37.8 Å². The van der Waals surface area contributed by atoms with Crippen LogP contribution in [0.2, 0.25) is 0 Å². The maximum Gasteiger partial charge on any atom is 0.165 e. The summed E-state index contributed by atoms with van der Waals surface area (Å²) >= 11 is 0. The summed E-state index contributed by atoms with van der Waals surface area (Å²) in [6, 6.07) is 5.47. The average molecular weight is 353 g/mol. The summed E-state index contributed by atoms with van der Waals surface area (Å²) in [5.41, 5.74) is 0.975. The third-order valence-electron chi connectivity index (χ3n) is 3.85. The third kappa shape index (κ3) is 5.27. The fraction of sp³-hybridized carbons (Fsp3) is 0.625. The average Bonchev–Trinajstić information content (AvgIpc) is 2.45. The van der Waals surface area contributed by atoms with Crippen molar-refractivity contribution in [2.45, 2.75) is 26.3 Å². The molecule has 0 spiro atoms. The largest absolute Gasteiger partial charge is 0.493 e. The standard InChI is InChI=1S/C16H25FN2O.2ClH/c1-12(2)11-15(19-9-7-18-8-10-19)13-5-4-6-14(17)16(13)20-3;;/h4-6,12,15,18H,7-11H2,1-3H3;2*1H/t15-;;/m1../s1. The minimum Gasteiger partial charge on any atom is -0.493 e. The molecule has 0 radical (unpaired) electrons. The number of rotatable bonds is 5. The van der Waals surface area contributed by atoms with Gasteiger partial charge in [0.2, 0.25) is 0 Å². The maximum absolute atomic E-state index is 14.0. The molecule has 0 unspecified atom stereocenters. The second-order valence-electron chi connectivity index (χ2n) is 5.79. The van der Waals surface area contributed by atoms with Crippen LogP contribution in [-0.4, -0.2) is 38.2 Å². The van der Waals surface area contributed by atoms with E-state index >= 15 is 0 Å². The van der Waals surface area contributed by atoms with Gasteiger partial charge in [-0.05, 0) is 18.4 Å². The molecule has 0 aromatic heterocycles. The molecule has 0 saturated carbocycles. The minimum atomic E-state index is -0.270. The number of hydrogen-bond donors (Lipinski definition) is 1. The molecule has 1 aliphatic heterocycles. The number of nitrogens with zero attached hydrogens (tertiary/aromatic N) is 1. The van der Waals surface area contributed by atoms with Gasteiger partial charge >= 0.3 is 0 Å². The van der Waals surface area contributed by atoms with Crippen molar-refractivity contribution in [3.05, 3.63) is 29.6 Å². The molecule has 1 aromatic rings. The summed E-state index contributed by atoms with van der Waals surface area (Å²) in [6.07, 6.45) is 1.01. The molecule has 1 aromatic carbocycles. The first-order chi connectivity index (χ1) is 9.63. The Kier molecular flexibility index (Phi) is 10.0. The highest BCUT2D eigenvalue weighted by Gasteiger charge is 2.26. The summed E-state index contributed by atoms with van der Waals surface area (Å²) < 4.78 is 19.3. The Hall–Kier alpha value is -0.550. The van der Waals surface area contributed by atoms with Gasteiger partial charge in [-0.25, -0.2) is 4.39 Å². The van der Waals surface area contributed by atoms with Crippen molar-refractivity contribution >= 4 is 24.8 Å². The number of hydrogen-bond acceptors (Lipinski definition) is 3. The Labute approximate surface area is 145 Å². The number of piperazine rings is 1. The van der Waals surface area contributed by atoms with Gasteiger partial charge in [0.1, 0.15) is 0 Å². The van der Waals surface area contributed by atoms with Gasteiger partial charge in [-0.3, -0.25) is 4.90 Å². The van der Waals surface area contributed by atoms with E-state index in [-0.39, 0.29) is 36.7 Å². The van der Waals surface area contributed by atoms with E-state index < -0.39 is 0 Å². The molecule has 22 heavy (non-hydrogen) atoms. The molecule has 1 aliphatic rings. The zero-order chi connectivity index (χ0) is 14.5. The van der Waals surface area contributed by atoms with E-state index in [1.807, 2.05) is 6.07 Å². The number of ether oxygens (including phenoxy) is 1. The van der Waals surface area contributed by atoms with Gasteiger partial charge in [-0.1, -0.05) is 26.0 Å². The van der Waals surface area contributed by atoms with Crippen LogP contribution in [0.25, 0.3) is 0 Å². The Morgan fingerprint density at radius 1 is 1.23 bits per heavy atom. The van der Waals surface area contributed by atoms with Gasteiger partial charge in [0.05, 0.1) is 7.11 Å². The first-order valence-corrected chi connectivity index (χ1v) is 7.40. The molecule has 0 amide bonds. The smallest absolute Gasteiger partial charge is 0.165 e. The lowest BCUT2D eigenvalue weighted by Gasteiger charge is -2.36. The zero-order valence-electron chi connectivity index (χ0n) is 13.5. The summed E-state index contributed by atoms with van der Waals surface area (Å²) in [5, 5.41) is 3.37. The molecular weight excluding hydrogens is 326 g/mol. The van der Waals surface area contributed by atoms with E-state index in [2.05, 4.69) is 24.1 Å². The molecule has 1 saturated heterocycles. The summed E-state index contributed by atoms with van der Waals surface area (Å²) in [6.45, 7) is 8.40. The van der Waals surface area contributed by atoms with E-state index in [1.165, 1.54) is 6.07 Å². The van der Waals surface area contributed by atoms with Crippen molar-refractivity contribution in [3.63, 3.8) is 0 Å². The Balaban J connectivity index is 0.00000220. The summed E-state index contributed by atoms with van der Waals surface area (Å²) in [4.78, 5) is 2.44. The third-order valence-corrected chi connectivity index (χ3v) is 3.85. The lowest BCUT2D eigenvalue weighted by molar-refractivity contribution is 0.151. The number of methoxy groups -OCH3 is 1. The van der Waals surface area contributed by atoms with Crippen LogP contribution in [0.15, 0.2) is 18.2 Å². The molecule has 1 atom stereocenters. The van der Waals surface area contributed by atoms with Gasteiger partial charge < -0.3 is 10.1 Å². The van der Waals surface area contributed by atoms with Crippen LogP contribution in [0.1, 0.15) is 31.9 Å². The first-order valence-electron chi connectivity index (χ1n) is 7.40. The van der Waals surface area contributed by atoms with Crippen LogP contribution in [0.3, 0.4) is 0 Å². The molecule has 0 aliphatic carbocycles. The molecular formula is C16H27Cl2FN2O. The van der Waals surface area contributed by atoms with Crippen molar-refractivity contribution in [2.24, 2.45) is 5.92 Å². The Bertz CT molecular complexity index is 440. The summed E-state index contributed by atoms with van der Waals surface area (Å²) in [5.74, 6) is 0.688. The molecule has 3 nitrogen and oxygen atoms in total. The van der Waals surface area contributed by atoms with E-state index in [4.69, 9.17) is 4.74 Å². The van der Waals surface area contributed by atoms with Gasteiger partial charge in [0.15, 0.2) is 11.6 Å². The fourth-order valence-electron chi connectivity index (χ4n) is 2.92. The molecule has 2 rings (SSSR count).